The molecule has 1 aromatic carbocycles. The van der Waals surface area contributed by atoms with E-state index < -0.39 is 0 Å². The van der Waals surface area contributed by atoms with Crippen molar-refractivity contribution in [1.82, 2.24) is 5.48 Å². The molecule has 0 unspecified atom stereocenters. The van der Waals surface area contributed by atoms with Crippen LogP contribution >= 0.6 is 0 Å². The summed E-state index contributed by atoms with van der Waals surface area (Å²) in [5.74, 6) is 0.281. The Balaban J connectivity index is 2.22. The van der Waals surface area contributed by atoms with Crippen LogP contribution in [0.25, 0.3) is 0 Å². The highest BCUT2D eigenvalue weighted by Crippen LogP contribution is 2.43. The van der Waals surface area contributed by atoms with Crippen LogP contribution in [0.3, 0.4) is 0 Å². The van der Waals surface area contributed by atoms with Crippen molar-refractivity contribution in [2.75, 3.05) is 0 Å². The second kappa shape index (κ2) is 5.88. The molecule has 18 heavy (non-hydrogen) atoms. The average molecular weight is 266 g/mol. The van der Waals surface area contributed by atoms with Gasteiger partial charge in [0.25, 0.3) is 0 Å². The Morgan fingerprint density at radius 3 is 2.94 bits per heavy atom. The first kappa shape index (κ1) is 12.9. The standard InChI is InChI=1S/C12H14N2O3S/c1-8(15)13-17-7-11-10(9-5-6-9)3-2-4-12(11)14-18-16/h2-4,9H,5-7H2,1H3,(H,13,15). The largest absolute Gasteiger partial charge is 0.273 e. The number of hydrogen-bond donors (Lipinski definition) is 1. The highest BCUT2D eigenvalue weighted by atomic mass is 32.1. The maximum Gasteiger partial charge on any atom is 0.240 e. The minimum absolute atomic E-state index is 0.182. The molecule has 96 valence electrons. The molecule has 1 aliphatic carbocycles. The van der Waals surface area contributed by atoms with Crippen LogP contribution in [-0.2, 0) is 27.7 Å². The lowest BCUT2D eigenvalue weighted by molar-refractivity contribution is -0.132. The summed E-state index contributed by atoms with van der Waals surface area (Å²) in [6.07, 6.45) is 2.31. The van der Waals surface area contributed by atoms with Gasteiger partial charge in [-0.3, -0.25) is 9.63 Å². The van der Waals surface area contributed by atoms with Gasteiger partial charge in [0.1, 0.15) is 6.61 Å². The fraction of sp³-hybridized carbons (Fsp3) is 0.417. The molecule has 2 rings (SSSR count). The molecule has 5 nitrogen and oxygen atoms in total. The normalized spacial score (nSPS) is 14.1. The van der Waals surface area contributed by atoms with Crippen molar-refractivity contribution < 1.29 is 13.8 Å². The van der Waals surface area contributed by atoms with Crippen molar-refractivity contribution in [2.45, 2.75) is 32.3 Å². The van der Waals surface area contributed by atoms with Crippen LogP contribution in [0.1, 0.15) is 36.8 Å². The third kappa shape index (κ3) is 3.24. The van der Waals surface area contributed by atoms with E-state index in [-0.39, 0.29) is 24.0 Å². The monoisotopic (exact) mass is 266 g/mol. The summed E-state index contributed by atoms with van der Waals surface area (Å²) < 4.78 is 14.4. The summed E-state index contributed by atoms with van der Waals surface area (Å²) in [6.45, 7) is 1.61. The van der Waals surface area contributed by atoms with Gasteiger partial charge in [0.05, 0.1) is 5.69 Å². The van der Waals surface area contributed by atoms with E-state index >= 15 is 0 Å². The first-order valence-electron chi connectivity index (χ1n) is 5.72. The number of nitrogens with zero attached hydrogens (tertiary/aromatic N) is 1. The molecule has 1 saturated carbocycles. The fourth-order valence-electron chi connectivity index (χ4n) is 1.86. The third-order valence-electron chi connectivity index (χ3n) is 2.77. The highest BCUT2D eigenvalue weighted by molar-refractivity contribution is 7.54. The van der Waals surface area contributed by atoms with Gasteiger partial charge in [0.15, 0.2) is 0 Å². The van der Waals surface area contributed by atoms with Gasteiger partial charge in [-0.25, -0.2) is 5.48 Å². The van der Waals surface area contributed by atoms with Gasteiger partial charge in [-0.15, -0.1) is 0 Å². The van der Waals surface area contributed by atoms with Crippen molar-refractivity contribution in [3.8, 4) is 0 Å². The number of benzene rings is 1. The Kier molecular flexibility index (Phi) is 4.22. The van der Waals surface area contributed by atoms with Gasteiger partial charge in [-0.05, 0) is 30.4 Å². The van der Waals surface area contributed by atoms with Gasteiger partial charge in [0, 0.05) is 12.5 Å². The summed E-state index contributed by atoms with van der Waals surface area (Å²) >= 11 is 0.182. The Labute approximate surface area is 109 Å². The summed E-state index contributed by atoms with van der Waals surface area (Å²) in [5, 5.41) is 0. The number of nitrogens with one attached hydrogen (secondary N) is 1. The second-order valence-electron chi connectivity index (χ2n) is 4.23. The molecule has 0 atom stereocenters. The first-order valence-corrected chi connectivity index (χ1v) is 6.42. The lowest BCUT2D eigenvalue weighted by atomic mass is 10.0. The van der Waals surface area contributed by atoms with E-state index in [1.54, 1.807) is 6.07 Å². The lowest BCUT2D eigenvalue weighted by Gasteiger charge is -2.11. The lowest BCUT2D eigenvalue weighted by Crippen LogP contribution is -2.20. The number of rotatable bonds is 5. The quantitative estimate of drug-likeness (QED) is 0.830. The van der Waals surface area contributed by atoms with Gasteiger partial charge >= 0.3 is 0 Å². The van der Waals surface area contributed by atoms with Crippen molar-refractivity contribution in [1.29, 1.82) is 0 Å². The topological polar surface area (TPSA) is 67.8 Å². The molecule has 1 aliphatic rings. The molecule has 1 fully saturated rings. The van der Waals surface area contributed by atoms with Crippen LogP contribution in [0.4, 0.5) is 5.69 Å². The maximum atomic E-state index is 10.8. The van der Waals surface area contributed by atoms with E-state index in [2.05, 4.69) is 9.84 Å². The van der Waals surface area contributed by atoms with Gasteiger partial charge in [-0.1, -0.05) is 12.1 Å². The van der Waals surface area contributed by atoms with Crippen LogP contribution in [0.5, 0.6) is 0 Å². The molecular weight excluding hydrogens is 252 g/mol. The van der Waals surface area contributed by atoms with E-state index in [0.717, 1.165) is 24.0 Å². The van der Waals surface area contributed by atoms with Crippen LogP contribution in [0.2, 0.25) is 0 Å². The fourth-order valence-corrected chi connectivity index (χ4v) is 2.11. The third-order valence-corrected chi connectivity index (χ3v) is 3.04. The SMILES string of the molecule is CC(=O)NOCc1c(N=S=O)cccc1C1CC1. The van der Waals surface area contributed by atoms with Gasteiger partial charge in [0.2, 0.25) is 17.4 Å². The van der Waals surface area contributed by atoms with Crippen LogP contribution < -0.4 is 5.48 Å². The van der Waals surface area contributed by atoms with Crippen molar-refractivity contribution in [3.63, 3.8) is 0 Å². The molecule has 1 N–H and O–H groups in total. The minimum Gasteiger partial charge on any atom is -0.273 e. The number of carbonyl (C=O) groups is 1. The van der Waals surface area contributed by atoms with E-state index in [1.165, 1.54) is 6.92 Å². The molecule has 0 aliphatic heterocycles. The number of amides is 1. The second-order valence-corrected chi connectivity index (χ2v) is 4.56. The highest BCUT2D eigenvalue weighted by Gasteiger charge is 2.27. The molecule has 0 saturated heterocycles. The zero-order chi connectivity index (χ0) is 13.0. The molecule has 0 bridgehead atoms. The molecule has 0 aromatic heterocycles. The van der Waals surface area contributed by atoms with E-state index in [4.69, 9.17) is 4.84 Å². The average Bonchev–Trinajstić information content (AvgIpc) is 3.14. The van der Waals surface area contributed by atoms with E-state index in [1.807, 2.05) is 12.1 Å². The number of hydrogen-bond acceptors (Lipinski definition) is 4. The summed E-state index contributed by atoms with van der Waals surface area (Å²) in [6, 6.07) is 5.70. The Morgan fingerprint density at radius 1 is 1.56 bits per heavy atom. The van der Waals surface area contributed by atoms with E-state index in [9.17, 15) is 9.00 Å². The van der Waals surface area contributed by atoms with E-state index in [0.29, 0.717) is 11.6 Å². The van der Waals surface area contributed by atoms with Crippen molar-refractivity contribution in [2.24, 2.45) is 4.36 Å². The number of hydroxylamine groups is 1. The Bertz CT molecular complexity index is 508. The van der Waals surface area contributed by atoms with Crippen LogP contribution in [-0.4, -0.2) is 10.1 Å². The van der Waals surface area contributed by atoms with Gasteiger partial charge in [-0.2, -0.15) is 8.57 Å². The summed E-state index contributed by atoms with van der Waals surface area (Å²) in [4.78, 5) is 15.9. The number of carbonyl (C=O) groups excluding carboxylic acids is 1. The Morgan fingerprint density at radius 2 is 2.33 bits per heavy atom. The van der Waals surface area contributed by atoms with Crippen molar-refractivity contribution in [3.05, 3.63) is 29.3 Å². The maximum absolute atomic E-state index is 10.8. The minimum atomic E-state index is -0.254. The van der Waals surface area contributed by atoms with Crippen LogP contribution in [0, 0.1) is 0 Å². The zero-order valence-corrected chi connectivity index (χ0v) is 10.8. The smallest absolute Gasteiger partial charge is 0.240 e. The molecule has 0 spiro atoms. The first-order chi connectivity index (χ1) is 8.72. The Hall–Kier alpha value is -1.53. The molecule has 6 heteroatoms. The van der Waals surface area contributed by atoms with Crippen molar-refractivity contribution >= 4 is 23.1 Å². The molecular formula is C12H14N2O3S. The molecule has 1 amide bonds. The molecule has 0 heterocycles. The molecule has 1 aromatic rings. The predicted molar refractivity (Wildman–Crippen MR) is 67.3 cm³/mol. The van der Waals surface area contributed by atoms with Gasteiger partial charge < -0.3 is 0 Å². The summed E-state index contributed by atoms with van der Waals surface area (Å²) in [5.41, 5.74) is 4.96. The summed E-state index contributed by atoms with van der Waals surface area (Å²) in [7, 11) is 0. The zero-order valence-electron chi connectivity index (χ0n) is 10.0. The molecule has 0 radical (unpaired) electrons. The predicted octanol–water partition coefficient (Wildman–Crippen LogP) is 2.16. The van der Waals surface area contributed by atoms with Crippen LogP contribution in [0.15, 0.2) is 22.6 Å².